The molecule has 2 aromatic carbocycles. The number of hydrogen-bond donors (Lipinski definition) is 1. The van der Waals surface area contributed by atoms with Crippen LogP contribution in [0.15, 0.2) is 42.7 Å². The van der Waals surface area contributed by atoms with Crippen molar-refractivity contribution in [3.05, 3.63) is 59.8 Å². The highest BCUT2D eigenvalue weighted by Gasteiger charge is 2.24. The average molecular weight is 332 g/mol. The number of imidazole rings is 1. The molecule has 1 aliphatic heterocycles. The largest absolute Gasteiger partial charge is 0.345 e. The van der Waals surface area contributed by atoms with E-state index < -0.39 is 0 Å². The minimum atomic E-state index is -0.184. The molecule has 0 fully saturated rings. The monoisotopic (exact) mass is 332 g/mol. The quantitative estimate of drug-likeness (QED) is 0.588. The van der Waals surface area contributed by atoms with Crippen molar-refractivity contribution in [1.82, 2.24) is 19.7 Å². The topological polar surface area (TPSA) is 46.5 Å². The molecule has 5 rings (SSSR count). The number of hydrogen-bond acceptors (Lipinski definition) is 2. The van der Waals surface area contributed by atoms with E-state index in [0.717, 1.165) is 52.8 Å². The van der Waals surface area contributed by atoms with Crippen LogP contribution in [0.2, 0.25) is 0 Å². The van der Waals surface area contributed by atoms with Crippen LogP contribution in [-0.4, -0.2) is 19.7 Å². The Morgan fingerprint density at radius 2 is 2.00 bits per heavy atom. The number of benzene rings is 2. The summed E-state index contributed by atoms with van der Waals surface area (Å²) in [6.07, 6.45) is 3.84. The van der Waals surface area contributed by atoms with Gasteiger partial charge in [0.15, 0.2) is 0 Å². The number of aromatic amines is 1. The van der Waals surface area contributed by atoms with Gasteiger partial charge in [0, 0.05) is 23.4 Å². The molecular weight excluding hydrogens is 315 g/mol. The minimum absolute atomic E-state index is 0.184. The number of rotatable bonds is 2. The van der Waals surface area contributed by atoms with Gasteiger partial charge in [0.2, 0.25) is 0 Å². The maximum absolute atomic E-state index is 13.7. The Morgan fingerprint density at radius 1 is 1.12 bits per heavy atom. The average Bonchev–Trinajstić information content (AvgIpc) is 3.31. The SMILES string of the molecule is Cc1cc(-c2nn3c(c2-c2ccc4nc[nH]c4c2)CCC3)ccc1F. The molecule has 4 nitrogen and oxygen atoms in total. The first-order chi connectivity index (χ1) is 12.2. The van der Waals surface area contributed by atoms with Gasteiger partial charge >= 0.3 is 0 Å². The lowest BCUT2D eigenvalue weighted by Gasteiger charge is -2.07. The Labute approximate surface area is 144 Å². The lowest BCUT2D eigenvalue weighted by Crippen LogP contribution is -1.94. The molecule has 124 valence electrons. The fraction of sp³-hybridized carbons (Fsp3) is 0.200. The van der Waals surface area contributed by atoms with Gasteiger partial charge in [-0.05, 0) is 61.2 Å². The molecule has 0 amide bonds. The van der Waals surface area contributed by atoms with Crippen molar-refractivity contribution >= 4 is 11.0 Å². The minimum Gasteiger partial charge on any atom is -0.345 e. The molecule has 25 heavy (non-hydrogen) atoms. The zero-order chi connectivity index (χ0) is 17.0. The zero-order valence-corrected chi connectivity index (χ0v) is 13.9. The number of H-pyrrole nitrogens is 1. The number of aryl methyl sites for hydroxylation is 2. The van der Waals surface area contributed by atoms with Gasteiger partial charge in [-0.3, -0.25) is 4.68 Å². The lowest BCUT2D eigenvalue weighted by atomic mass is 9.96. The van der Waals surface area contributed by atoms with Crippen LogP contribution in [0.1, 0.15) is 17.7 Å². The van der Waals surface area contributed by atoms with Gasteiger partial charge in [0.1, 0.15) is 11.5 Å². The van der Waals surface area contributed by atoms with Gasteiger partial charge < -0.3 is 4.98 Å². The molecule has 0 radical (unpaired) electrons. The fourth-order valence-corrected chi connectivity index (χ4v) is 3.72. The third-order valence-electron chi connectivity index (χ3n) is 4.98. The summed E-state index contributed by atoms with van der Waals surface area (Å²) in [4.78, 5) is 7.47. The van der Waals surface area contributed by atoms with Crippen molar-refractivity contribution in [3.63, 3.8) is 0 Å². The van der Waals surface area contributed by atoms with Gasteiger partial charge in [-0.2, -0.15) is 5.10 Å². The Morgan fingerprint density at radius 3 is 2.88 bits per heavy atom. The Bertz CT molecular complexity index is 1110. The van der Waals surface area contributed by atoms with Crippen molar-refractivity contribution in [2.45, 2.75) is 26.3 Å². The molecular formula is C20H17FN4. The van der Waals surface area contributed by atoms with E-state index in [1.807, 2.05) is 18.2 Å². The van der Waals surface area contributed by atoms with Gasteiger partial charge in [0.25, 0.3) is 0 Å². The molecule has 0 unspecified atom stereocenters. The summed E-state index contributed by atoms with van der Waals surface area (Å²) in [5.74, 6) is -0.184. The van der Waals surface area contributed by atoms with Gasteiger partial charge in [-0.15, -0.1) is 0 Å². The maximum Gasteiger partial charge on any atom is 0.126 e. The summed E-state index contributed by atoms with van der Waals surface area (Å²) >= 11 is 0. The highest BCUT2D eigenvalue weighted by molar-refractivity contribution is 5.88. The summed E-state index contributed by atoms with van der Waals surface area (Å²) < 4.78 is 15.8. The molecule has 0 bridgehead atoms. The molecule has 1 N–H and O–H groups in total. The highest BCUT2D eigenvalue weighted by Crippen LogP contribution is 2.38. The summed E-state index contributed by atoms with van der Waals surface area (Å²) in [7, 11) is 0. The van der Waals surface area contributed by atoms with Crippen molar-refractivity contribution in [3.8, 4) is 22.4 Å². The van der Waals surface area contributed by atoms with E-state index in [4.69, 9.17) is 5.10 Å². The lowest BCUT2D eigenvalue weighted by molar-refractivity contribution is 0.618. The second kappa shape index (κ2) is 5.28. The van der Waals surface area contributed by atoms with Crippen LogP contribution in [0.3, 0.4) is 0 Å². The Balaban J connectivity index is 1.76. The molecule has 0 spiro atoms. The van der Waals surface area contributed by atoms with Crippen LogP contribution in [0.5, 0.6) is 0 Å². The number of nitrogens with zero attached hydrogens (tertiary/aromatic N) is 3. The van der Waals surface area contributed by atoms with Crippen LogP contribution >= 0.6 is 0 Å². The zero-order valence-electron chi connectivity index (χ0n) is 13.9. The molecule has 0 saturated carbocycles. The molecule has 0 atom stereocenters. The second-order valence-corrected chi connectivity index (χ2v) is 6.60. The van der Waals surface area contributed by atoms with Crippen LogP contribution < -0.4 is 0 Å². The number of halogens is 1. The van der Waals surface area contributed by atoms with Crippen molar-refractivity contribution in [1.29, 1.82) is 0 Å². The number of nitrogens with one attached hydrogen (secondary N) is 1. The first-order valence-corrected chi connectivity index (χ1v) is 8.50. The molecule has 0 aliphatic carbocycles. The van der Waals surface area contributed by atoms with Crippen molar-refractivity contribution in [2.75, 3.05) is 0 Å². The van der Waals surface area contributed by atoms with Crippen LogP contribution in [0.4, 0.5) is 4.39 Å². The Kier molecular flexibility index (Phi) is 3.04. The smallest absolute Gasteiger partial charge is 0.126 e. The van der Waals surface area contributed by atoms with E-state index in [1.54, 1.807) is 13.3 Å². The second-order valence-electron chi connectivity index (χ2n) is 6.60. The number of aromatic nitrogens is 4. The summed E-state index contributed by atoms with van der Waals surface area (Å²) in [6, 6.07) is 11.5. The summed E-state index contributed by atoms with van der Waals surface area (Å²) in [5, 5.41) is 4.84. The number of fused-ring (bicyclic) bond motifs is 2. The standard InChI is InChI=1S/C20H17FN4/c1-12-9-14(4-6-15(12)21)20-19(18-3-2-8-25(18)24-20)13-5-7-16-17(10-13)23-11-22-16/h4-7,9-11H,2-3,8H2,1H3,(H,22,23). The summed E-state index contributed by atoms with van der Waals surface area (Å²) in [6.45, 7) is 2.73. The molecule has 2 aromatic heterocycles. The van der Waals surface area contributed by atoms with Crippen LogP contribution in [-0.2, 0) is 13.0 Å². The molecule has 4 aromatic rings. The third-order valence-corrected chi connectivity index (χ3v) is 4.98. The molecule has 5 heteroatoms. The fourth-order valence-electron chi connectivity index (χ4n) is 3.72. The van der Waals surface area contributed by atoms with E-state index >= 15 is 0 Å². The first kappa shape index (κ1) is 14.4. The summed E-state index contributed by atoms with van der Waals surface area (Å²) in [5.41, 5.74) is 8.02. The first-order valence-electron chi connectivity index (χ1n) is 8.50. The van der Waals surface area contributed by atoms with Gasteiger partial charge in [-0.1, -0.05) is 6.07 Å². The van der Waals surface area contributed by atoms with Gasteiger partial charge in [0.05, 0.1) is 17.4 Å². The van der Waals surface area contributed by atoms with E-state index in [0.29, 0.717) is 5.56 Å². The molecule has 0 saturated heterocycles. The predicted molar refractivity (Wildman–Crippen MR) is 95.8 cm³/mol. The third kappa shape index (κ3) is 2.19. The van der Waals surface area contributed by atoms with Crippen molar-refractivity contribution < 1.29 is 4.39 Å². The highest BCUT2D eigenvalue weighted by atomic mass is 19.1. The van der Waals surface area contributed by atoms with E-state index in [-0.39, 0.29) is 5.82 Å². The van der Waals surface area contributed by atoms with Crippen LogP contribution in [0.25, 0.3) is 33.4 Å². The van der Waals surface area contributed by atoms with E-state index in [9.17, 15) is 4.39 Å². The van der Waals surface area contributed by atoms with E-state index in [1.165, 1.54) is 11.8 Å². The maximum atomic E-state index is 13.7. The predicted octanol–water partition coefficient (Wildman–Crippen LogP) is 4.49. The molecule has 3 heterocycles. The van der Waals surface area contributed by atoms with E-state index in [2.05, 4.69) is 26.8 Å². The van der Waals surface area contributed by atoms with Crippen LogP contribution in [0, 0.1) is 12.7 Å². The Hall–Kier alpha value is -2.95. The molecule has 1 aliphatic rings. The normalized spacial score (nSPS) is 13.5. The van der Waals surface area contributed by atoms with Gasteiger partial charge in [-0.25, -0.2) is 9.37 Å². The van der Waals surface area contributed by atoms with Crippen molar-refractivity contribution in [2.24, 2.45) is 0 Å².